The van der Waals surface area contributed by atoms with Gasteiger partial charge in [0, 0.05) is 39.0 Å². The smallest absolute Gasteiger partial charge is 0.262 e. The number of carbonyl (C=O) groups excluding carboxylic acids is 6. The van der Waals surface area contributed by atoms with Gasteiger partial charge < -0.3 is 24.0 Å². The van der Waals surface area contributed by atoms with Crippen molar-refractivity contribution < 1.29 is 43.0 Å². The summed E-state index contributed by atoms with van der Waals surface area (Å²) >= 11 is 0. The van der Waals surface area contributed by atoms with Crippen molar-refractivity contribution in [1.82, 2.24) is 19.6 Å². The van der Waals surface area contributed by atoms with Gasteiger partial charge in [-0.05, 0) is 35.4 Å². The second-order valence-electron chi connectivity index (χ2n) is 14.0. The minimum absolute atomic E-state index is 0.0797. The maximum absolute atomic E-state index is 14.5. The molecular formula is C44H44N4O9. The predicted molar refractivity (Wildman–Crippen MR) is 207 cm³/mol. The average molecular weight is 773 g/mol. The lowest BCUT2D eigenvalue weighted by atomic mass is 10.0. The van der Waals surface area contributed by atoms with E-state index in [4.69, 9.17) is 14.2 Å². The van der Waals surface area contributed by atoms with E-state index >= 15 is 0 Å². The van der Waals surface area contributed by atoms with Crippen molar-refractivity contribution in [2.75, 3.05) is 65.8 Å². The Bertz CT molecular complexity index is 1890. The molecule has 0 N–H and O–H groups in total. The normalized spacial score (nSPS) is 18.1. The molecule has 13 heteroatoms. The molecule has 1 saturated heterocycles. The lowest BCUT2D eigenvalue weighted by Gasteiger charge is -2.32. The van der Waals surface area contributed by atoms with E-state index in [0.29, 0.717) is 0 Å². The number of imide groups is 2. The topological polar surface area (TPSA) is 143 Å². The number of ether oxygens (including phenoxy) is 3. The van der Waals surface area contributed by atoms with E-state index < -0.39 is 47.5 Å². The predicted octanol–water partition coefficient (Wildman–Crippen LogP) is 3.52. The summed E-state index contributed by atoms with van der Waals surface area (Å²) in [5.74, 6) is -2.95. The van der Waals surface area contributed by atoms with Gasteiger partial charge in [0.15, 0.2) is 0 Å². The molecule has 4 aromatic rings. The highest BCUT2D eigenvalue weighted by atomic mass is 16.5. The Balaban J connectivity index is 1.08. The van der Waals surface area contributed by atoms with Crippen molar-refractivity contribution in [3.8, 4) is 0 Å². The van der Waals surface area contributed by atoms with Crippen LogP contribution in [0.25, 0.3) is 0 Å². The van der Waals surface area contributed by atoms with Gasteiger partial charge in [0.1, 0.15) is 12.1 Å². The second-order valence-corrected chi connectivity index (χ2v) is 14.0. The summed E-state index contributed by atoms with van der Waals surface area (Å²) < 4.78 is 17.7. The van der Waals surface area contributed by atoms with Crippen LogP contribution in [0.5, 0.6) is 0 Å². The molecule has 57 heavy (non-hydrogen) atoms. The number of rotatable bonds is 8. The van der Waals surface area contributed by atoms with Gasteiger partial charge >= 0.3 is 0 Å². The summed E-state index contributed by atoms with van der Waals surface area (Å²) in [6.45, 7) is 1.49. The molecule has 0 bridgehead atoms. The van der Waals surface area contributed by atoms with E-state index in [-0.39, 0.29) is 101 Å². The first-order valence-electron chi connectivity index (χ1n) is 19.2. The van der Waals surface area contributed by atoms with Gasteiger partial charge in [0.2, 0.25) is 11.8 Å². The second kappa shape index (κ2) is 18.3. The monoisotopic (exact) mass is 772 g/mol. The molecule has 2 atom stereocenters. The van der Waals surface area contributed by atoms with Crippen LogP contribution >= 0.6 is 0 Å². The van der Waals surface area contributed by atoms with Gasteiger partial charge in [-0.2, -0.15) is 0 Å². The van der Waals surface area contributed by atoms with Crippen LogP contribution in [0.15, 0.2) is 109 Å². The van der Waals surface area contributed by atoms with Crippen molar-refractivity contribution in [2.45, 2.75) is 24.9 Å². The summed E-state index contributed by atoms with van der Waals surface area (Å²) in [4.78, 5) is 88.8. The fourth-order valence-electron chi connectivity index (χ4n) is 7.44. The highest BCUT2D eigenvalue weighted by Crippen LogP contribution is 2.28. The molecule has 0 spiro atoms. The number of benzene rings is 4. The van der Waals surface area contributed by atoms with Crippen molar-refractivity contribution in [3.63, 3.8) is 0 Å². The van der Waals surface area contributed by atoms with Crippen molar-refractivity contribution in [3.05, 3.63) is 143 Å². The molecule has 6 amide bonds. The zero-order valence-corrected chi connectivity index (χ0v) is 31.5. The third-order valence-corrected chi connectivity index (χ3v) is 10.4. The number of amides is 6. The SMILES string of the molecule is O=C([C@@H](Cc1ccccc1)N1C(=O)c2ccccc2C1=O)N1CCOCCOCCN(C(=O)[C@@H](Cc2ccccc2)N2C(=O)c3ccccc3C2=O)CCOCC1. The minimum atomic E-state index is -1.12. The largest absolute Gasteiger partial charge is 0.378 e. The Kier molecular flexibility index (Phi) is 12.6. The lowest BCUT2D eigenvalue weighted by Crippen LogP contribution is -2.53. The van der Waals surface area contributed by atoms with Crippen LogP contribution in [0.4, 0.5) is 0 Å². The van der Waals surface area contributed by atoms with Crippen LogP contribution in [-0.4, -0.2) is 133 Å². The van der Waals surface area contributed by atoms with E-state index in [2.05, 4.69) is 0 Å². The lowest BCUT2D eigenvalue weighted by molar-refractivity contribution is -0.137. The number of hydrogen-bond donors (Lipinski definition) is 0. The molecule has 294 valence electrons. The van der Waals surface area contributed by atoms with Crippen molar-refractivity contribution in [2.24, 2.45) is 0 Å². The van der Waals surface area contributed by atoms with Gasteiger partial charge in [-0.1, -0.05) is 84.9 Å². The number of nitrogens with zero attached hydrogens (tertiary/aromatic N) is 4. The molecule has 0 radical (unpaired) electrons. The quantitative estimate of drug-likeness (QED) is 0.246. The summed E-state index contributed by atoms with van der Waals surface area (Å²) in [5, 5.41) is 0. The molecule has 1 fully saturated rings. The maximum atomic E-state index is 14.5. The molecule has 0 unspecified atom stereocenters. The van der Waals surface area contributed by atoms with Gasteiger partial charge in [0.05, 0.1) is 61.9 Å². The molecule has 3 aliphatic heterocycles. The summed E-state index contributed by atoms with van der Waals surface area (Å²) in [7, 11) is 0. The van der Waals surface area contributed by atoms with Gasteiger partial charge in [0.25, 0.3) is 23.6 Å². The third kappa shape index (κ3) is 8.70. The fraction of sp³-hybridized carbons (Fsp3) is 0.318. The molecule has 0 aliphatic carbocycles. The van der Waals surface area contributed by atoms with E-state index in [1.165, 1.54) is 0 Å². The number of fused-ring (bicyclic) bond motifs is 2. The van der Waals surface area contributed by atoms with E-state index in [9.17, 15) is 28.8 Å². The minimum Gasteiger partial charge on any atom is -0.378 e. The summed E-state index contributed by atoms with van der Waals surface area (Å²) in [5.41, 5.74) is 2.59. The van der Waals surface area contributed by atoms with Crippen molar-refractivity contribution >= 4 is 35.4 Å². The Morgan fingerprint density at radius 1 is 0.421 bits per heavy atom. The molecule has 0 aromatic heterocycles. The van der Waals surface area contributed by atoms with Crippen LogP contribution in [-0.2, 0) is 36.6 Å². The van der Waals surface area contributed by atoms with Crippen LogP contribution < -0.4 is 0 Å². The third-order valence-electron chi connectivity index (χ3n) is 10.4. The van der Waals surface area contributed by atoms with Gasteiger partial charge in [-0.15, -0.1) is 0 Å². The van der Waals surface area contributed by atoms with Crippen LogP contribution in [0.3, 0.4) is 0 Å². The van der Waals surface area contributed by atoms with E-state index in [1.807, 2.05) is 60.7 Å². The molecule has 3 heterocycles. The van der Waals surface area contributed by atoms with Crippen LogP contribution in [0.2, 0.25) is 0 Å². The molecule has 7 rings (SSSR count). The Morgan fingerprint density at radius 3 is 1.02 bits per heavy atom. The maximum Gasteiger partial charge on any atom is 0.262 e. The first kappa shape index (κ1) is 39.2. The molecule has 3 aliphatic rings. The standard InChI is InChI=1S/C44H44N4O9/c49-39-33-15-7-8-16-34(33)40(50)47(39)37(29-31-11-3-1-4-12-31)43(53)45-19-23-55-24-20-46(22-26-57-28-27-56-25-21-45)44(54)38(30-32-13-5-2-6-14-32)48-41(51)35-17-9-10-18-36(35)42(48)52/h1-18,37-38H,19-30H2/t37-,38-/m1/s1. The Labute approximate surface area is 330 Å². The molecule has 0 saturated carbocycles. The van der Waals surface area contributed by atoms with Gasteiger partial charge in [-0.25, -0.2) is 0 Å². The number of carbonyl (C=O) groups is 6. The Hall–Kier alpha value is -6.02. The Morgan fingerprint density at radius 2 is 0.702 bits per heavy atom. The van der Waals surface area contributed by atoms with E-state index in [1.54, 1.807) is 58.3 Å². The molecule has 4 aromatic carbocycles. The zero-order valence-electron chi connectivity index (χ0n) is 31.5. The first-order valence-corrected chi connectivity index (χ1v) is 19.2. The number of hydrogen-bond acceptors (Lipinski definition) is 9. The molecule has 13 nitrogen and oxygen atoms in total. The summed E-state index contributed by atoms with van der Waals surface area (Å²) in [6, 6.07) is 29.3. The van der Waals surface area contributed by atoms with E-state index in [0.717, 1.165) is 20.9 Å². The average Bonchev–Trinajstić information content (AvgIpc) is 3.64. The fourth-order valence-corrected chi connectivity index (χ4v) is 7.44. The highest BCUT2D eigenvalue weighted by Gasteiger charge is 2.45. The van der Waals surface area contributed by atoms with Crippen molar-refractivity contribution in [1.29, 1.82) is 0 Å². The van der Waals surface area contributed by atoms with Crippen LogP contribution in [0.1, 0.15) is 52.6 Å². The summed E-state index contributed by atoms with van der Waals surface area (Å²) in [6.07, 6.45) is 0.233. The van der Waals surface area contributed by atoms with Gasteiger partial charge in [-0.3, -0.25) is 38.6 Å². The zero-order chi connectivity index (χ0) is 39.7. The first-order chi connectivity index (χ1) is 27.8. The molecular weight excluding hydrogens is 729 g/mol. The van der Waals surface area contributed by atoms with Crippen LogP contribution in [0, 0.1) is 0 Å². The highest BCUT2D eigenvalue weighted by molar-refractivity contribution is 6.23.